The largest absolute Gasteiger partial charge is 0.326 e. The van der Waals surface area contributed by atoms with Gasteiger partial charge in [0.15, 0.2) is 0 Å². The lowest BCUT2D eigenvalue weighted by molar-refractivity contribution is -0.132. The van der Waals surface area contributed by atoms with Crippen LogP contribution >= 0.6 is 0 Å². The first-order chi connectivity index (χ1) is 7.52. The molecule has 0 spiro atoms. The molecule has 1 fully saturated rings. The maximum atomic E-state index is 12.2. The van der Waals surface area contributed by atoms with Gasteiger partial charge in [0.2, 0.25) is 5.91 Å². The fraction of sp³-hybridized carbons (Fsp3) is 0.923. The number of carbonyl (C=O) groups excluding carboxylic acids is 1. The van der Waals surface area contributed by atoms with Crippen LogP contribution in [0.5, 0.6) is 0 Å². The number of carbonyl (C=O) groups is 1. The van der Waals surface area contributed by atoms with Crippen LogP contribution in [0.1, 0.15) is 47.5 Å². The van der Waals surface area contributed by atoms with Gasteiger partial charge in [-0.05, 0) is 18.8 Å². The van der Waals surface area contributed by atoms with E-state index < -0.39 is 0 Å². The van der Waals surface area contributed by atoms with Crippen LogP contribution in [0.15, 0.2) is 0 Å². The first-order valence-electron chi connectivity index (χ1n) is 6.56. The summed E-state index contributed by atoms with van der Waals surface area (Å²) in [5.41, 5.74) is 0. The van der Waals surface area contributed by atoms with Gasteiger partial charge in [-0.2, -0.15) is 0 Å². The molecule has 0 aromatic rings. The van der Waals surface area contributed by atoms with Crippen molar-refractivity contribution >= 4 is 5.91 Å². The Balaban J connectivity index is 2.65. The molecule has 0 aromatic heterocycles. The van der Waals surface area contributed by atoms with Gasteiger partial charge in [-0.25, -0.2) is 0 Å². The van der Waals surface area contributed by atoms with E-state index in [0.717, 1.165) is 19.5 Å². The normalized spacial score (nSPS) is 23.6. The molecule has 2 atom stereocenters. The van der Waals surface area contributed by atoms with E-state index in [1.54, 1.807) is 0 Å². The molecule has 94 valence electrons. The zero-order valence-corrected chi connectivity index (χ0v) is 11.3. The summed E-state index contributed by atoms with van der Waals surface area (Å²) >= 11 is 0. The van der Waals surface area contributed by atoms with E-state index in [2.05, 4.69) is 39.9 Å². The predicted octanol–water partition coefficient (Wildman–Crippen LogP) is 2.22. The molecule has 0 radical (unpaired) electrons. The molecule has 1 heterocycles. The van der Waals surface area contributed by atoms with Crippen molar-refractivity contribution in [2.75, 3.05) is 6.67 Å². The second kappa shape index (κ2) is 5.67. The molecule has 0 aliphatic carbocycles. The molecule has 1 aliphatic rings. The Morgan fingerprint density at radius 1 is 1.31 bits per heavy atom. The van der Waals surface area contributed by atoms with Crippen molar-refractivity contribution < 1.29 is 4.79 Å². The summed E-state index contributed by atoms with van der Waals surface area (Å²) < 4.78 is 0. The van der Waals surface area contributed by atoms with Gasteiger partial charge in [0.1, 0.15) is 0 Å². The highest BCUT2D eigenvalue weighted by molar-refractivity contribution is 5.84. The van der Waals surface area contributed by atoms with Crippen molar-refractivity contribution in [3.05, 3.63) is 0 Å². The number of hydrogen-bond donors (Lipinski definition) is 1. The van der Waals surface area contributed by atoms with Gasteiger partial charge in [0.25, 0.3) is 0 Å². The van der Waals surface area contributed by atoms with Crippen LogP contribution in [0.2, 0.25) is 0 Å². The van der Waals surface area contributed by atoms with E-state index in [4.69, 9.17) is 0 Å². The van der Waals surface area contributed by atoms with E-state index in [9.17, 15) is 4.79 Å². The van der Waals surface area contributed by atoms with Crippen LogP contribution in [0, 0.1) is 11.8 Å². The third kappa shape index (κ3) is 2.57. The first kappa shape index (κ1) is 13.5. The van der Waals surface area contributed by atoms with Crippen molar-refractivity contribution in [3.63, 3.8) is 0 Å². The van der Waals surface area contributed by atoms with Crippen LogP contribution in [-0.2, 0) is 4.79 Å². The lowest BCUT2D eigenvalue weighted by Crippen LogP contribution is -2.41. The van der Waals surface area contributed by atoms with Gasteiger partial charge in [0, 0.05) is 6.04 Å². The quantitative estimate of drug-likeness (QED) is 0.779. The van der Waals surface area contributed by atoms with Gasteiger partial charge < -0.3 is 4.90 Å². The smallest absolute Gasteiger partial charge is 0.241 e. The van der Waals surface area contributed by atoms with Crippen LogP contribution in [0.4, 0.5) is 0 Å². The van der Waals surface area contributed by atoms with Gasteiger partial charge in [-0.3, -0.25) is 10.1 Å². The molecular formula is C13H26N2O. The summed E-state index contributed by atoms with van der Waals surface area (Å²) in [6, 6.07) is 0.385. The topological polar surface area (TPSA) is 32.3 Å². The Bertz CT molecular complexity index is 236. The number of hydrogen-bond acceptors (Lipinski definition) is 2. The maximum absolute atomic E-state index is 12.2. The second-order valence-electron chi connectivity index (χ2n) is 5.21. The number of nitrogens with one attached hydrogen (secondary N) is 1. The lowest BCUT2D eigenvalue weighted by Gasteiger charge is -2.30. The van der Waals surface area contributed by atoms with Crippen LogP contribution in [0.25, 0.3) is 0 Å². The average molecular weight is 226 g/mol. The Hall–Kier alpha value is -0.570. The van der Waals surface area contributed by atoms with Crippen LogP contribution in [0.3, 0.4) is 0 Å². The fourth-order valence-electron chi connectivity index (χ4n) is 2.63. The monoisotopic (exact) mass is 226 g/mol. The molecule has 0 aromatic carbocycles. The van der Waals surface area contributed by atoms with Crippen molar-refractivity contribution in [1.29, 1.82) is 0 Å². The molecule has 1 saturated heterocycles. The Morgan fingerprint density at radius 2 is 1.88 bits per heavy atom. The molecule has 16 heavy (non-hydrogen) atoms. The van der Waals surface area contributed by atoms with Crippen LogP contribution < -0.4 is 5.32 Å². The number of rotatable bonds is 5. The molecule has 3 heteroatoms. The molecule has 1 rings (SSSR count). The Kier molecular flexibility index (Phi) is 4.78. The summed E-state index contributed by atoms with van der Waals surface area (Å²) in [4.78, 5) is 14.2. The SMILES string of the molecule is CCC(CC)C(C)N1CNC(C(C)C)C1=O. The summed E-state index contributed by atoms with van der Waals surface area (Å²) in [7, 11) is 0. The Morgan fingerprint density at radius 3 is 2.25 bits per heavy atom. The zero-order valence-electron chi connectivity index (χ0n) is 11.3. The van der Waals surface area contributed by atoms with Gasteiger partial charge in [-0.1, -0.05) is 40.5 Å². The minimum Gasteiger partial charge on any atom is -0.326 e. The summed E-state index contributed by atoms with van der Waals surface area (Å²) in [6.45, 7) is 11.5. The molecule has 2 unspecified atom stereocenters. The highest BCUT2D eigenvalue weighted by Gasteiger charge is 2.37. The average Bonchev–Trinajstić information content (AvgIpc) is 2.61. The van der Waals surface area contributed by atoms with Gasteiger partial charge in [0.05, 0.1) is 12.7 Å². The van der Waals surface area contributed by atoms with Gasteiger partial charge >= 0.3 is 0 Å². The maximum Gasteiger partial charge on any atom is 0.241 e. The summed E-state index contributed by atoms with van der Waals surface area (Å²) in [5, 5.41) is 3.32. The second-order valence-corrected chi connectivity index (χ2v) is 5.21. The van der Waals surface area contributed by atoms with E-state index in [1.807, 2.05) is 4.90 Å². The predicted molar refractivity (Wildman–Crippen MR) is 67.0 cm³/mol. The molecule has 1 aliphatic heterocycles. The lowest BCUT2D eigenvalue weighted by atomic mass is 9.94. The minimum atomic E-state index is 0.0248. The third-order valence-corrected chi connectivity index (χ3v) is 3.92. The van der Waals surface area contributed by atoms with Gasteiger partial charge in [-0.15, -0.1) is 0 Å². The molecular weight excluding hydrogens is 200 g/mol. The van der Waals surface area contributed by atoms with Crippen molar-refractivity contribution in [2.24, 2.45) is 11.8 Å². The standard InChI is InChI=1S/C13H26N2O/c1-6-11(7-2)10(5)15-8-14-12(9(3)4)13(15)16/h9-12,14H,6-8H2,1-5H3. The molecule has 0 bridgehead atoms. The highest BCUT2D eigenvalue weighted by atomic mass is 16.2. The summed E-state index contributed by atoms with van der Waals surface area (Å²) in [6.07, 6.45) is 2.29. The highest BCUT2D eigenvalue weighted by Crippen LogP contribution is 2.22. The molecule has 3 nitrogen and oxygen atoms in total. The van der Waals surface area contributed by atoms with E-state index in [1.165, 1.54) is 0 Å². The third-order valence-electron chi connectivity index (χ3n) is 3.92. The van der Waals surface area contributed by atoms with E-state index in [-0.39, 0.29) is 11.9 Å². The number of amides is 1. The molecule has 1 N–H and O–H groups in total. The van der Waals surface area contributed by atoms with Crippen molar-refractivity contribution in [3.8, 4) is 0 Å². The number of nitrogens with zero attached hydrogens (tertiary/aromatic N) is 1. The van der Waals surface area contributed by atoms with Crippen molar-refractivity contribution in [2.45, 2.75) is 59.5 Å². The van der Waals surface area contributed by atoms with E-state index >= 15 is 0 Å². The van der Waals surface area contributed by atoms with Crippen LogP contribution in [-0.4, -0.2) is 29.6 Å². The fourth-order valence-corrected chi connectivity index (χ4v) is 2.63. The first-order valence-corrected chi connectivity index (χ1v) is 6.56. The van der Waals surface area contributed by atoms with Crippen molar-refractivity contribution in [1.82, 2.24) is 10.2 Å². The zero-order chi connectivity index (χ0) is 12.3. The van der Waals surface area contributed by atoms with E-state index in [0.29, 0.717) is 17.9 Å². The summed E-state index contributed by atoms with van der Waals surface area (Å²) in [5.74, 6) is 1.29. The minimum absolute atomic E-state index is 0.0248. The molecule has 0 saturated carbocycles. The Labute approximate surface area is 99.6 Å². The molecule has 1 amide bonds.